The molecule has 0 radical (unpaired) electrons. The SMILES string of the molecule is CC(C)c1ccc(Nc2ncc(C(F)(F)F)c(Sc3ccccc3)n2)cc1. The third-order valence-corrected chi connectivity index (χ3v) is 4.86. The Morgan fingerprint density at radius 2 is 1.63 bits per heavy atom. The summed E-state index contributed by atoms with van der Waals surface area (Å²) >= 11 is 0.961. The number of halogens is 3. The van der Waals surface area contributed by atoms with Gasteiger partial charge in [0.2, 0.25) is 5.95 Å². The van der Waals surface area contributed by atoms with E-state index in [1.165, 1.54) is 5.56 Å². The molecule has 0 saturated heterocycles. The Balaban J connectivity index is 1.89. The number of nitrogens with one attached hydrogen (secondary N) is 1. The lowest BCUT2D eigenvalue weighted by Gasteiger charge is -2.13. The average Bonchev–Trinajstić information content (AvgIpc) is 2.62. The van der Waals surface area contributed by atoms with Gasteiger partial charge in [-0.05, 0) is 35.7 Å². The van der Waals surface area contributed by atoms with Crippen LogP contribution in [-0.4, -0.2) is 9.97 Å². The highest BCUT2D eigenvalue weighted by Gasteiger charge is 2.35. The third kappa shape index (κ3) is 5.01. The number of alkyl halides is 3. The van der Waals surface area contributed by atoms with Crippen LogP contribution in [0.5, 0.6) is 0 Å². The van der Waals surface area contributed by atoms with Crippen LogP contribution >= 0.6 is 11.8 Å². The van der Waals surface area contributed by atoms with Crippen molar-refractivity contribution in [2.45, 2.75) is 35.9 Å². The van der Waals surface area contributed by atoms with Gasteiger partial charge in [-0.2, -0.15) is 13.2 Å². The highest BCUT2D eigenvalue weighted by molar-refractivity contribution is 7.99. The zero-order valence-electron chi connectivity index (χ0n) is 14.8. The van der Waals surface area contributed by atoms with Gasteiger partial charge in [0.05, 0.1) is 0 Å². The Morgan fingerprint density at radius 1 is 0.963 bits per heavy atom. The average molecular weight is 389 g/mol. The van der Waals surface area contributed by atoms with Crippen LogP contribution in [0.2, 0.25) is 0 Å². The van der Waals surface area contributed by atoms with Gasteiger partial charge in [0.25, 0.3) is 0 Å². The van der Waals surface area contributed by atoms with E-state index in [9.17, 15) is 13.2 Å². The van der Waals surface area contributed by atoms with Crippen molar-refractivity contribution in [3.8, 4) is 0 Å². The minimum atomic E-state index is -4.52. The summed E-state index contributed by atoms with van der Waals surface area (Å²) in [6.07, 6.45) is -3.70. The van der Waals surface area contributed by atoms with Crippen LogP contribution in [0.4, 0.5) is 24.8 Å². The van der Waals surface area contributed by atoms with E-state index in [2.05, 4.69) is 29.1 Å². The fourth-order valence-corrected chi connectivity index (χ4v) is 3.31. The molecule has 7 heteroatoms. The first-order valence-electron chi connectivity index (χ1n) is 8.37. The van der Waals surface area contributed by atoms with Crippen molar-refractivity contribution >= 4 is 23.4 Å². The number of rotatable bonds is 5. The van der Waals surface area contributed by atoms with E-state index in [-0.39, 0.29) is 11.0 Å². The molecule has 1 heterocycles. The molecule has 0 amide bonds. The van der Waals surface area contributed by atoms with Crippen LogP contribution in [0.1, 0.15) is 30.9 Å². The summed E-state index contributed by atoms with van der Waals surface area (Å²) in [4.78, 5) is 8.63. The van der Waals surface area contributed by atoms with E-state index in [1.54, 1.807) is 24.3 Å². The van der Waals surface area contributed by atoms with Crippen LogP contribution in [0.25, 0.3) is 0 Å². The van der Waals surface area contributed by atoms with Gasteiger partial charge >= 0.3 is 6.18 Å². The van der Waals surface area contributed by atoms with Crippen LogP contribution in [-0.2, 0) is 6.18 Å². The van der Waals surface area contributed by atoms with Crippen LogP contribution in [0.15, 0.2) is 70.7 Å². The van der Waals surface area contributed by atoms with Crippen LogP contribution in [0.3, 0.4) is 0 Å². The summed E-state index contributed by atoms with van der Waals surface area (Å²) in [6.45, 7) is 4.18. The summed E-state index contributed by atoms with van der Waals surface area (Å²) in [7, 11) is 0. The third-order valence-electron chi connectivity index (χ3n) is 3.85. The lowest BCUT2D eigenvalue weighted by Crippen LogP contribution is -2.10. The van der Waals surface area contributed by atoms with Crippen molar-refractivity contribution < 1.29 is 13.2 Å². The maximum atomic E-state index is 13.3. The van der Waals surface area contributed by atoms with E-state index in [1.807, 2.05) is 30.3 Å². The predicted octanol–water partition coefficient (Wildman–Crippen LogP) is 6.51. The van der Waals surface area contributed by atoms with E-state index in [0.717, 1.165) is 23.6 Å². The molecule has 3 nitrogen and oxygen atoms in total. The minimum absolute atomic E-state index is 0.124. The van der Waals surface area contributed by atoms with Gasteiger partial charge in [0.15, 0.2) is 0 Å². The summed E-state index contributed by atoms with van der Waals surface area (Å²) in [6, 6.07) is 16.5. The first-order valence-corrected chi connectivity index (χ1v) is 9.18. The van der Waals surface area contributed by atoms with Gasteiger partial charge in [-0.25, -0.2) is 9.97 Å². The fourth-order valence-electron chi connectivity index (χ4n) is 2.38. The Kier molecular flexibility index (Phi) is 5.70. The summed E-state index contributed by atoms with van der Waals surface area (Å²) in [5, 5.41) is 2.84. The van der Waals surface area contributed by atoms with Crippen molar-refractivity contribution in [2.24, 2.45) is 0 Å². The zero-order chi connectivity index (χ0) is 19.4. The molecule has 3 rings (SSSR count). The number of hydrogen-bond acceptors (Lipinski definition) is 4. The largest absolute Gasteiger partial charge is 0.420 e. The maximum Gasteiger partial charge on any atom is 0.420 e. The molecule has 0 unspecified atom stereocenters. The number of anilines is 2. The fraction of sp³-hybridized carbons (Fsp3) is 0.200. The van der Waals surface area contributed by atoms with Crippen molar-refractivity contribution in [3.63, 3.8) is 0 Å². The topological polar surface area (TPSA) is 37.8 Å². The first-order chi connectivity index (χ1) is 12.8. The summed E-state index contributed by atoms with van der Waals surface area (Å²) < 4.78 is 39.9. The number of hydrogen-bond donors (Lipinski definition) is 1. The first kappa shape index (κ1) is 19.2. The predicted molar refractivity (Wildman–Crippen MR) is 101 cm³/mol. The second kappa shape index (κ2) is 8.00. The van der Waals surface area contributed by atoms with Gasteiger partial charge in [-0.3, -0.25) is 0 Å². The molecule has 140 valence electrons. The Bertz CT molecular complexity index is 895. The molecule has 0 aliphatic carbocycles. The highest BCUT2D eigenvalue weighted by atomic mass is 32.2. The molecule has 2 aromatic carbocycles. The van der Waals surface area contributed by atoms with E-state index in [0.29, 0.717) is 10.8 Å². The van der Waals surface area contributed by atoms with E-state index >= 15 is 0 Å². The van der Waals surface area contributed by atoms with Gasteiger partial charge < -0.3 is 5.32 Å². The van der Waals surface area contributed by atoms with Gasteiger partial charge in [-0.15, -0.1) is 0 Å². The maximum absolute atomic E-state index is 13.3. The lowest BCUT2D eigenvalue weighted by molar-refractivity contribution is -0.140. The number of nitrogens with zero attached hydrogens (tertiary/aromatic N) is 2. The van der Waals surface area contributed by atoms with Crippen molar-refractivity contribution in [1.29, 1.82) is 0 Å². The number of aromatic nitrogens is 2. The van der Waals surface area contributed by atoms with Crippen LogP contribution in [0, 0.1) is 0 Å². The van der Waals surface area contributed by atoms with Crippen molar-refractivity contribution in [1.82, 2.24) is 9.97 Å². The molecule has 0 atom stereocenters. The Hall–Kier alpha value is -2.54. The highest BCUT2D eigenvalue weighted by Crippen LogP contribution is 2.38. The quantitative estimate of drug-likeness (QED) is 0.505. The lowest BCUT2D eigenvalue weighted by atomic mass is 10.0. The smallest absolute Gasteiger partial charge is 0.324 e. The molecule has 0 bridgehead atoms. The minimum Gasteiger partial charge on any atom is -0.324 e. The summed E-state index contributed by atoms with van der Waals surface area (Å²) in [5.74, 6) is 0.522. The zero-order valence-corrected chi connectivity index (χ0v) is 15.6. The normalized spacial score (nSPS) is 11.6. The second-order valence-corrected chi connectivity index (χ2v) is 7.29. The van der Waals surface area contributed by atoms with Gasteiger partial charge in [0.1, 0.15) is 10.6 Å². The second-order valence-electron chi connectivity index (χ2n) is 6.23. The molecule has 0 aliphatic heterocycles. The van der Waals surface area contributed by atoms with Gasteiger partial charge in [0, 0.05) is 16.8 Å². The Morgan fingerprint density at radius 3 is 2.22 bits per heavy atom. The van der Waals surface area contributed by atoms with Crippen LogP contribution < -0.4 is 5.32 Å². The molecule has 0 spiro atoms. The molecule has 1 aromatic heterocycles. The molecule has 0 saturated carbocycles. The van der Waals surface area contributed by atoms with Crippen molar-refractivity contribution in [2.75, 3.05) is 5.32 Å². The molecular formula is C20H18F3N3S. The molecule has 0 aliphatic rings. The number of benzene rings is 2. The molecular weight excluding hydrogens is 371 g/mol. The van der Waals surface area contributed by atoms with Crippen molar-refractivity contribution in [3.05, 3.63) is 71.9 Å². The van der Waals surface area contributed by atoms with E-state index in [4.69, 9.17) is 0 Å². The van der Waals surface area contributed by atoms with E-state index < -0.39 is 11.7 Å². The standard InChI is InChI=1S/C20H18F3N3S/c1-13(2)14-8-10-15(11-9-14)25-19-24-12-17(20(21,22)23)18(26-19)27-16-6-4-3-5-7-16/h3-13H,1-2H3,(H,24,25,26). The molecule has 27 heavy (non-hydrogen) atoms. The molecule has 1 N–H and O–H groups in total. The van der Waals surface area contributed by atoms with Gasteiger partial charge in [-0.1, -0.05) is 55.9 Å². The summed E-state index contributed by atoms with van der Waals surface area (Å²) in [5.41, 5.74) is 1.04. The monoisotopic (exact) mass is 389 g/mol. The Labute approximate surface area is 160 Å². The molecule has 3 aromatic rings. The molecule has 0 fully saturated rings.